The Bertz CT molecular complexity index is 814. The summed E-state index contributed by atoms with van der Waals surface area (Å²) in [6.07, 6.45) is 2.91. The zero-order valence-electron chi connectivity index (χ0n) is 14.0. The van der Waals surface area contributed by atoms with E-state index in [0.29, 0.717) is 5.75 Å². The van der Waals surface area contributed by atoms with Gasteiger partial charge in [0.1, 0.15) is 5.75 Å². The first-order valence-electron chi connectivity index (χ1n) is 7.65. The Morgan fingerprint density at radius 3 is 2.35 bits per heavy atom. The molecule has 0 spiro atoms. The van der Waals surface area contributed by atoms with Crippen molar-refractivity contribution in [1.29, 1.82) is 0 Å². The molecule has 0 radical (unpaired) electrons. The van der Waals surface area contributed by atoms with Crippen LogP contribution in [0, 0.1) is 17.0 Å². The van der Waals surface area contributed by atoms with Crippen LogP contribution in [-0.4, -0.2) is 23.3 Å². The molecule has 2 amide bonds. The number of carbonyl (C=O) groups is 2. The van der Waals surface area contributed by atoms with E-state index in [-0.39, 0.29) is 12.3 Å². The fraction of sp³-hybridized carbons (Fsp3) is 0.111. The van der Waals surface area contributed by atoms with Crippen LogP contribution in [0.4, 0.5) is 5.69 Å². The van der Waals surface area contributed by atoms with E-state index in [1.54, 1.807) is 6.08 Å². The van der Waals surface area contributed by atoms with Gasteiger partial charge < -0.3 is 4.74 Å². The first-order chi connectivity index (χ1) is 12.4. The van der Waals surface area contributed by atoms with Gasteiger partial charge in [-0.15, -0.1) is 0 Å². The third kappa shape index (κ3) is 6.08. The molecular formula is C18H17N3O5. The molecule has 134 valence electrons. The van der Waals surface area contributed by atoms with Gasteiger partial charge in [0, 0.05) is 18.2 Å². The topological polar surface area (TPSA) is 111 Å². The second-order valence-electron chi connectivity index (χ2n) is 5.32. The van der Waals surface area contributed by atoms with E-state index in [2.05, 4.69) is 10.9 Å². The molecule has 0 heterocycles. The van der Waals surface area contributed by atoms with Crippen molar-refractivity contribution < 1.29 is 19.2 Å². The molecule has 2 N–H and O–H groups in total. The number of amides is 2. The van der Waals surface area contributed by atoms with Crippen molar-refractivity contribution in [2.24, 2.45) is 0 Å². The van der Waals surface area contributed by atoms with Gasteiger partial charge in [0.25, 0.3) is 17.5 Å². The van der Waals surface area contributed by atoms with E-state index < -0.39 is 16.7 Å². The zero-order valence-corrected chi connectivity index (χ0v) is 14.0. The van der Waals surface area contributed by atoms with Crippen molar-refractivity contribution in [1.82, 2.24) is 10.9 Å². The molecule has 0 aliphatic heterocycles. The summed E-state index contributed by atoms with van der Waals surface area (Å²) in [5.41, 5.74) is 6.34. The number of hydrogen-bond acceptors (Lipinski definition) is 5. The average molecular weight is 355 g/mol. The number of nitro groups is 1. The summed E-state index contributed by atoms with van der Waals surface area (Å²) in [6.45, 7) is 1.62. The lowest BCUT2D eigenvalue weighted by Gasteiger charge is -2.07. The molecular weight excluding hydrogens is 338 g/mol. The van der Waals surface area contributed by atoms with E-state index in [0.717, 1.165) is 11.1 Å². The lowest BCUT2D eigenvalue weighted by molar-refractivity contribution is -0.384. The van der Waals surface area contributed by atoms with Crippen LogP contribution in [0.1, 0.15) is 11.1 Å². The van der Waals surface area contributed by atoms with Gasteiger partial charge >= 0.3 is 0 Å². The highest BCUT2D eigenvalue weighted by atomic mass is 16.6. The van der Waals surface area contributed by atoms with Crippen LogP contribution in [0.5, 0.6) is 5.75 Å². The van der Waals surface area contributed by atoms with E-state index in [1.807, 2.05) is 31.2 Å². The van der Waals surface area contributed by atoms with Crippen molar-refractivity contribution >= 4 is 23.6 Å². The van der Waals surface area contributed by atoms with Crippen LogP contribution in [0.25, 0.3) is 6.08 Å². The van der Waals surface area contributed by atoms with Crippen molar-refractivity contribution in [2.75, 3.05) is 6.61 Å². The molecule has 0 saturated heterocycles. The number of nitrogens with one attached hydrogen (secondary N) is 2. The number of nitrogens with zero attached hydrogens (tertiary/aromatic N) is 1. The minimum absolute atomic E-state index is 0.0746. The summed E-state index contributed by atoms with van der Waals surface area (Å²) in [5, 5.41) is 10.5. The third-order valence-electron chi connectivity index (χ3n) is 3.25. The Kier molecular flexibility index (Phi) is 6.44. The quantitative estimate of drug-likeness (QED) is 0.468. The highest BCUT2D eigenvalue weighted by Crippen LogP contribution is 2.16. The largest absolute Gasteiger partial charge is 0.484 e. The minimum atomic E-state index is -0.569. The molecule has 0 saturated carbocycles. The Hall–Kier alpha value is -3.68. The third-order valence-corrected chi connectivity index (χ3v) is 3.25. The molecule has 8 nitrogen and oxygen atoms in total. The Morgan fingerprint density at radius 1 is 1.08 bits per heavy atom. The molecule has 0 aliphatic carbocycles. The molecule has 0 aromatic heterocycles. The highest BCUT2D eigenvalue weighted by Gasteiger charge is 2.07. The number of carbonyl (C=O) groups excluding carboxylic acids is 2. The predicted octanol–water partition coefficient (Wildman–Crippen LogP) is 2.14. The maximum absolute atomic E-state index is 11.6. The number of rotatable bonds is 6. The van der Waals surface area contributed by atoms with E-state index in [9.17, 15) is 19.7 Å². The van der Waals surface area contributed by atoms with Gasteiger partial charge in [0.2, 0.25) is 0 Å². The van der Waals surface area contributed by atoms with Crippen molar-refractivity contribution in [3.63, 3.8) is 0 Å². The Morgan fingerprint density at radius 2 is 1.73 bits per heavy atom. The zero-order chi connectivity index (χ0) is 18.9. The summed E-state index contributed by atoms with van der Waals surface area (Å²) in [7, 11) is 0. The number of ether oxygens (including phenoxy) is 1. The molecule has 2 aromatic rings. The van der Waals surface area contributed by atoms with Gasteiger partial charge in [-0.2, -0.15) is 0 Å². The van der Waals surface area contributed by atoms with Crippen LogP contribution in [-0.2, 0) is 9.59 Å². The Balaban J connectivity index is 1.73. The molecule has 0 fully saturated rings. The van der Waals surface area contributed by atoms with E-state index in [1.165, 1.54) is 30.3 Å². The summed E-state index contributed by atoms with van der Waals surface area (Å²) >= 11 is 0. The molecule has 26 heavy (non-hydrogen) atoms. The molecule has 0 bridgehead atoms. The van der Waals surface area contributed by atoms with Crippen LogP contribution in [0.2, 0.25) is 0 Å². The predicted molar refractivity (Wildman–Crippen MR) is 95.1 cm³/mol. The van der Waals surface area contributed by atoms with Gasteiger partial charge in [0.15, 0.2) is 6.61 Å². The molecule has 0 unspecified atom stereocenters. The van der Waals surface area contributed by atoms with E-state index >= 15 is 0 Å². The highest BCUT2D eigenvalue weighted by molar-refractivity contribution is 5.93. The molecule has 2 aromatic carbocycles. The van der Waals surface area contributed by atoms with Gasteiger partial charge in [-0.25, -0.2) is 0 Å². The fourth-order valence-electron chi connectivity index (χ4n) is 1.87. The number of benzene rings is 2. The van der Waals surface area contributed by atoms with Crippen LogP contribution in [0.15, 0.2) is 54.6 Å². The smallest absolute Gasteiger partial charge is 0.276 e. The van der Waals surface area contributed by atoms with Crippen molar-refractivity contribution in [3.8, 4) is 5.75 Å². The maximum Gasteiger partial charge on any atom is 0.276 e. The number of aryl methyl sites for hydroxylation is 1. The van der Waals surface area contributed by atoms with Gasteiger partial charge in [0.05, 0.1) is 4.92 Å². The molecule has 0 aliphatic rings. The Labute approximate surface area is 149 Å². The van der Waals surface area contributed by atoms with Crippen LogP contribution < -0.4 is 15.6 Å². The first kappa shape index (κ1) is 18.7. The number of non-ortho nitro benzene ring substituents is 1. The van der Waals surface area contributed by atoms with E-state index in [4.69, 9.17) is 4.74 Å². The molecule has 8 heteroatoms. The SMILES string of the molecule is Cc1ccc(C=CC(=O)NNC(=O)COc2ccc([N+](=O)[O-])cc2)cc1. The van der Waals surface area contributed by atoms with Gasteiger partial charge in [-0.1, -0.05) is 29.8 Å². The fourth-order valence-corrected chi connectivity index (χ4v) is 1.87. The number of hydrogen-bond donors (Lipinski definition) is 2. The van der Waals surface area contributed by atoms with Gasteiger partial charge in [-0.05, 0) is 30.7 Å². The minimum Gasteiger partial charge on any atom is -0.484 e. The second-order valence-corrected chi connectivity index (χ2v) is 5.32. The molecule has 2 rings (SSSR count). The summed E-state index contributed by atoms with van der Waals surface area (Å²) in [4.78, 5) is 33.3. The van der Waals surface area contributed by atoms with Crippen LogP contribution >= 0.6 is 0 Å². The number of hydrazine groups is 1. The van der Waals surface area contributed by atoms with Crippen molar-refractivity contribution in [2.45, 2.75) is 6.92 Å². The maximum atomic E-state index is 11.6. The summed E-state index contributed by atoms with van der Waals surface area (Å²) < 4.78 is 5.17. The lowest BCUT2D eigenvalue weighted by atomic mass is 10.1. The summed E-state index contributed by atoms with van der Waals surface area (Å²) in [5.74, 6) is -0.758. The standard InChI is InChI=1S/C18H17N3O5/c1-13-2-4-14(5-3-13)6-11-17(22)19-20-18(23)12-26-16-9-7-15(8-10-16)21(24)25/h2-11H,12H2,1H3,(H,19,22)(H,20,23). The first-order valence-corrected chi connectivity index (χ1v) is 7.65. The monoisotopic (exact) mass is 355 g/mol. The average Bonchev–Trinajstić information content (AvgIpc) is 2.64. The van der Waals surface area contributed by atoms with Crippen molar-refractivity contribution in [3.05, 3.63) is 75.8 Å². The summed E-state index contributed by atoms with van der Waals surface area (Å²) in [6, 6.07) is 12.9. The lowest BCUT2D eigenvalue weighted by Crippen LogP contribution is -2.43. The second kappa shape index (κ2) is 8.97. The van der Waals surface area contributed by atoms with Crippen LogP contribution in [0.3, 0.4) is 0 Å². The molecule has 0 atom stereocenters. The normalized spacial score (nSPS) is 10.3. The van der Waals surface area contributed by atoms with Gasteiger partial charge in [-0.3, -0.25) is 30.6 Å². The number of nitro benzene ring substituents is 1.